The molecule has 0 aliphatic heterocycles. The van der Waals surface area contributed by atoms with E-state index >= 15 is 0 Å². The largest absolute Gasteiger partial charge is 0.416 e. The van der Waals surface area contributed by atoms with Gasteiger partial charge in [-0.3, -0.25) is 10.1 Å². The molecule has 0 aliphatic rings. The average molecular weight is 412 g/mol. The number of hydrogen-bond donors (Lipinski definition) is 2. The third-order valence-electron chi connectivity index (χ3n) is 3.72. The van der Waals surface area contributed by atoms with Gasteiger partial charge >= 0.3 is 6.18 Å². The predicted molar refractivity (Wildman–Crippen MR) is 101 cm³/mol. The summed E-state index contributed by atoms with van der Waals surface area (Å²) in [4.78, 5) is 17.3. The van der Waals surface area contributed by atoms with Crippen molar-refractivity contribution in [2.24, 2.45) is 0 Å². The first-order valence-electron chi connectivity index (χ1n) is 7.84. The minimum absolute atomic E-state index is 0.304. The third-order valence-corrected chi connectivity index (χ3v) is 5.59. The fraction of sp³-hybridized carbons (Fsp3) is 0.235. The molecule has 2 N–H and O–H groups in total. The van der Waals surface area contributed by atoms with E-state index in [-0.39, 0.29) is 5.91 Å². The van der Waals surface area contributed by atoms with Gasteiger partial charge in [-0.25, -0.2) is 4.98 Å². The lowest BCUT2D eigenvalue weighted by Gasteiger charge is -2.07. The highest BCUT2D eigenvalue weighted by atomic mass is 32.1. The van der Waals surface area contributed by atoms with Crippen LogP contribution in [0, 0.1) is 6.92 Å². The van der Waals surface area contributed by atoms with Crippen LogP contribution in [-0.4, -0.2) is 22.3 Å². The highest BCUT2D eigenvalue weighted by Crippen LogP contribution is 2.31. The minimum atomic E-state index is -4.37. The van der Waals surface area contributed by atoms with Crippen LogP contribution in [0.5, 0.6) is 0 Å². The van der Waals surface area contributed by atoms with Gasteiger partial charge in [0.15, 0.2) is 5.13 Å². The van der Waals surface area contributed by atoms with Crippen LogP contribution in [0.1, 0.15) is 32.1 Å². The lowest BCUT2D eigenvalue weighted by atomic mass is 10.1. The van der Waals surface area contributed by atoms with Crippen LogP contribution in [0.2, 0.25) is 0 Å². The summed E-state index contributed by atoms with van der Waals surface area (Å²) in [6.45, 7) is 1.74. The molecule has 0 fully saturated rings. The van der Waals surface area contributed by atoms with Gasteiger partial charge in [0, 0.05) is 24.5 Å². The number of nitrogens with zero attached hydrogens (tertiary/aromatic N) is 2. The molecule has 142 valence electrons. The summed E-state index contributed by atoms with van der Waals surface area (Å²) in [7, 11) is 1.71. The molecule has 2 aromatic heterocycles. The van der Waals surface area contributed by atoms with E-state index in [1.54, 1.807) is 26.2 Å². The second kappa shape index (κ2) is 7.65. The number of rotatable bonds is 5. The molecule has 3 aromatic rings. The van der Waals surface area contributed by atoms with Crippen molar-refractivity contribution in [1.29, 1.82) is 0 Å². The molecule has 3 rings (SSSR count). The monoisotopic (exact) mass is 412 g/mol. The Morgan fingerprint density at radius 2 is 2.07 bits per heavy atom. The molecule has 0 saturated carbocycles. The van der Waals surface area contributed by atoms with Gasteiger partial charge in [0.2, 0.25) is 0 Å². The van der Waals surface area contributed by atoms with E-state index in [0.29, 0.717) is 33.4 Å². The first kappa shape index (κ1) is 19.3. The Hall–Kier alpha value is -2.46. The summed E-state index contributed by atoms with van der Waals surface area (Å²) in [5, 5.41) is 6.68. The van der Waals surface area contributed by atoms with Gasteiger partial charge in [0.05, 0.1) is 16.8 Å². The highest BCUT2D eigenvalue weighted by Gasteiger charge is 2.30. The fourth-order valence-corrected chi connectivity index (χ4v) is 4.06. The van der Waals surface area contributed by atoms with Crippen molar-refractivity contribution in [3.05, 3.63) is 57.7 Å². The summed E-state index contributed by atoms with van der Waals surface area (Å²) >= 11 is 2.42. The van der Waals surface area contributed by atoms with Crippen LogP contribution in [0.25, 0.3) is 0 Å². The lowest BCUT2D eigenvalue weighted by Crippen LogP contribution is -2.13. The van der Waals surface area contributed by atoms with Gasteiger partial charge in [-0.15, -0.1) is 11.3 Å². The van der Waals surface area contributed by atoms with E-state index in [9.17, 15) is 18.0 Å². The van der Waals surface area contributed by atoms with Crippen molar-refractivity contribution >= 4 is 38.9 Å². The molecule has 1 aromatic carbocycles. The topological polar surface area (TPSA) is 66.9 Å². The maximum absolute atomic E-state index is 12.8. The van der Waals surface area contributed by atoms with Gasteiger partial charge in [-0.1, -0.05) is 18.2 Å². The molecule has 0 saturated heterocycles. The number of carbonyl (C=O) groups is 1. The summed E-state index contributed by atoms with van der Waals surface area (Å²) in [6, 6.07) is 5.18. The Morgan fingerprint density at radius 3 is 2.78 bits per heavy atom. The predicted octanol–water partition coefficient (Wildman–Crippen LogP) is 4.81. The normalized spacial score (nSPS) is 11.4. The Kier molecular flexibility index (Phi) is 5.47. The average Bonchev–Trinajstić information content (AvgIpc) is 3.20. The van der Waals surface area contributed by atoms with Crippen molar-refractivity contribution in [2.75, 3.05) is 17.7 Å². The molecular formula is C17H15F3N4OS2. The minimum Gasteiger partial charge on any atom is -0.378 e. The molecule has 0 radical (unpaired) electrons. The number of halogens is 3. The first-order valence-corrected chi connectivity index (χ1v) is 9.43. The summed E-state index contributed by atoms with van der Waals surface area (Å²) < 4.78 is 42.6. The van der Waals surface area contributed by atoms with E-state index in [4.69, 9.17) is 0 Å². The number of aromatic nitrogens is 2. The van der Waals surface area contributed by atoms with Gasteiger partial charge < -0.3 is 5.32 Å². The lowest BCUT2D eigenvalue weighted by molar-refractivity contribution is -0.137. The molecular weight excluding hydrogens is 397 g/mol. The highest BCUT2D eigenvalue weighted by molar-refractivity contribution is 7.15. The number of thiazole rings is 1. The van der Waals surface area contributed by atoms with Crippen LogP contribution in [0.4, 0.5) is 23.3 Å². The number of alkyl halides is 3. The van der Waals surface area contributed by atoms with Crippen molar-refractivity contribution in [3.8, 4) is 0 Å². The summed E-state index contributed by atoms with van der Waals surface area (Å²) in [5.74, 6) is -0.328. The van der Waals surface area contributed by atoms with Crippen molar-refractivity contribution in [3.63, 3.8) is 0 Å². The molecule has 1 amide bonds. The number of nitrogens with one attached hydrogen (secondary N) is 2. The number of anilines is 2. The Labute approximate surface area is 161 Å². The Balaban J connectivity index is 1.72. The molecule has 0 unspecified atom stereocenters. The number of aryl methyl sites for hydroxylation is 1. The Bertz CT molecular complexity index is 965. The van der Waals surface area contributed by atoms with Crippen molar-refractivity contribution < 1.29 is 18.0 Å². The van der Waals surface area contributed by atoms with Crippen LogP contribution < -0.4 is 10.6 Å². The molecule has 5 nitrogen and oxygen atoms in total. The van der Waals surface area contributed by atoms with Gasteiger partial charge in [0.1, 0.15) is 5.00 Å². The van der Waals surface area contributed by atoms with Crippen LogP contribution in [0.3, 0.4) is 0 Å². The molecule has 0 atom stereocenters. The second-order valence-corrected chi connectivity index (χ2v) is 7.57. The Morgan fingerprint density at radius 1 is 1.30 bits per heavy atom. The number of amides is 1. The fourth-order valence-electron chi connectivity index (χ4n) is 2.47. The molecule has 27 heavy (non-hydrogen) atoms. The van der Waals surface area contributed by atoms with E-state index in [1.165, 1.54) is 28.9 Å². The number of carbonyl (C=O) groups excluding carboxylic acids is 1. The quantitative estimate of drug-likeness (QED) is 0.631. The zero-order chi connectivity index (χ0) is 19.6. The number of benzene rings is 1. The van der Waals surface area contributed by atoms with E-state index in [2.05, 4.69) is 20.0 Å². The summed E-state index contributed by atoms with van der Waals surface area (Å²) in [5.41, 5.74) is 0.916. The van der Waals surface area contributed by atoms with E-state index in [0.717, 1.165) is 17.0 Å². The van der Waals surface area contributed by atoms with E-state index < -0.39 is 11.7 Å². The number of hydrogen-bond acceptors (Lipinski definition) is 6. The van der Waals surface area contributed by atoms with Crippen molar-refractivity contribution in [2.45, 2.75) is 19.5 Å². The van der Waals surface area contributed by atoms with Crippen molar-refractivity contribution in [1.82, 2.24) is 9.36 Å². The van der Waals surface area contributed by atoms with Gasteiger partial charge in [-0.2, -0.15) is 17.5 Å². The third kappa shape index (κ3) is 4.45. The zero-order valence-electron chi connectivity index (χ0n) is 14.3. The van der Waals surface area contributed by atoms with Crippen LogP contribution in [0.15, 0.2) is 30.5 Å². The molecule has 2 heterocycles. The first-order chi connectivity index (χ1) is 12.8. The SMILES string of the molecule is CNc1snc(C)c1C(=O)Nc1ncc(Cc2cccc(C(F)(F)F)c2)s1. The van der Waals surface area contributed by atoms with Crippen LogP contribution in [-0.2, 0) is 12.6 Å². The van der Waals surface area contributed by atoms with Gasteiger partial charge in [0.25, 0.3) is 5.91 Å². The van der Waals surface area contributed by atoms with Crippen LogP contribution >= 0.6 is 22.9 Å². The van der Waals surface area contributed by atoms with Gasteiger partial charge in [-0.05, 0) is 30.1 Å². The summed E-state index contributed by atoms with van der Waals surface area (Å²) in [6.07, 6.45) is -2.52. The standard InChI is InChI=1S/C17H15F3N4OS2/c1-9-13(15(21-2)27-24-9)14(25)23-16-22-8-12(26-16)7-10-4-3-5-11(6-10)17(18,19)20/h3-6,8,21H,7H2,1-2H3,(H,22,23,25). The maximum atomic E-state index is 12.8. The molecule has 0 bridgehead atoms. The molecule has 0 aliphatic carbocycles. The zero-order valence-corrected chi connectivity index (χ0v) is 16.0. The van der Waals surface area contributed by atoms with E-state index in [1.807, 2.05) is 0 Å². The molecule has 10 heteroatoms. The molecule has 0 spiro atoms. The second-order valence-electron chi connectivity index (χ2n) is 5.68. The maximum Gasteiger partial charge on any atom is 0.416 e. The smallest absolute Gasteiger partial charge is 0.378 e.